The molecular formula is C10H8KNa. The summed E-state index contributed by atoms with van der Waals surface area (Å²) in [6.07, 6.45) is 0. The van der Waals surface area contributed by atoms with Crippen LogP contribution in [0.2, 0.25) is 0 Å². The first-order valence-corrected chi connectivity index (χ1v) is 3.32. The van der Waals surface area contributed by atoms with Crippen molar-refractivity contribution in [3.05, 3.63) is 48.5 Å². The van der Waals surface area contributed by atoms with E-state index in [0.29, 0.717) is 0 Å². The van der Waals surface area contributed by atoms with Crippen molar-refractivity contribution in [2.45, 2.75) is 0 Å². The summed E-state index contributed by atoms with van der Waals surface area (Å²) in [5.41, 5.74) is 0. The molecule has 0 fully saturated rings. The summed E-state index contributed by atoms with van der Waals surface area (Å²) in [5, 5.41) is 2.44. The number of hydrogen-bond acceptors (Lipinski definition) is 0. The van der Waals surface area contributed by atoms with Crippen LogP contribution in [0.1, 0.15) is 1.43 Å². The molecule has 0 heterocycles. The monoisotopic (exact) mass is 190 g/mol. The smallest absolute Gasteiger partial charge is 1.00 e. The van der Waals surface area contributed by atoms with Crippen molar-refractivity contribution in [1.29, 1.82) is 0 Å². The van der Waals surface area contributed by atoms with Crippen LogP contribution in [0.25, 0.3) is 10.8 Å². The molecule has 0 atom stereocenters. The van der Waals surface area contributed by atoms with Crippen molar-refractivity contribution >= 4 is 10.8 Å². The van der Waals surface area contributed by atoms with Crippen LogP contribution in [0, 0.1) is 6.07 Å². The van der Waals surface area contributed by atoms with Crippen molar-refractivity contribution < 1.29 is 82.4 Å². The summed E-state index contributed by atoms with van der Waals surface area (Å²) in [7, 11) is 0. The predicted molar refractivity (Wildman–Crippen MR) is 43.9 cm³/mol. The Bertz CT molecular complexity index is 286. The van der Waals surface area contributed by atoms with Gasteiger partial charge >= 0.3 is 80.9 Å². The molecule has 0 radical (unpaired) electrons. The van der Waals surface area contributed by atoms with Gasteiger partial charge in [0.05, 0.1) is 0 Å². The zero-order valence-corrected chi connectivity index (χ0v) is 12.7. The van der Waals surface area contributed by atoms with E-state index in [1.54, 1.807) is 0 Å². The van der Waals surface area contributed by atoms with Gasteiger partial charge in [-0.25, -0.2) is 0 Å². The average molecular weight is 190 g/mol. The quantitative estimate of drug-likeness (QED) is 0.302. The van der Waals surface area contributed by atoms with Gasteiger partial charge in [0.2, 0.25) is 0 Å². The second-order valence-corrected chi connectivity index (χ2v) is 2.26. The molecule has 0 unspecified atom stereocenters. The van der Waals surface area contributed by atoms with E-state index in [-0.39, 0.29) is 82.4 Å². The molecule has 0 spiro atoms. The Balaban J connectivity index is 0. The fourth-order valence-electron chi connectivity index (χ4n) is 1.06. The topological polar surface area (TPSA) is 0 Å². The van der Waals surface area contributed by atoms with E-state index in [1.165, 1.54) is 10.8 Å². The van der Waals surface area contributed by atoms with Crippen LogP contribution >= 0.6 is 0 Å². The predicted octanol–water partition coefficient (Wildman–Crippen LogP) is -3.24. The number of benzene rings is 2. The van der Waals surface area contributed by atoms with Gasteiger partial charge < -0.3 is 1.43 Å². The minimum Gasteiger partial charge on any atom is -1.00 e. The fourth-order valence-corrected chi connectivity index (χ4v) is 1.06. The zero-order valence-electron chi connectivity index (χ0n) is 8.54. The summed E-state index contributed by atoms with van der Waals surface area (Å²) in [6, 6.07) is 17.4. The molecule has 0 saturated carbocycles. The van der Waals surface area contributed by atoms with E-state index in [4.69, 9.17) is 0 Å². The molecule has 2 aromatic rings. The van der Waals surface area contributed by atoms with Gasteiger partial charge in [-0.15, -0.1) is 47.2 Å². The third-order valence-corrected chi connectivity index (χ3v) is 1.57. The minimum absolute atomic E-state index is 0. The molecule has 2 aromatic carbocycles. The van der Waals surface area contributed by atoms with Gasteiger partial charge in [-0.1, -0.05) is 12.1 Å². The summed E-state index contributed by atoms with van der Waals surface area (Å²) in [6.45, 7) is 0. The zero-order chi connectivity index (χ0) is 6.81. The Labute approximate surface area is 139 Å². The molecule has 0 N–H and O–H groups in total. The van der Waals surface area contributed by atoms with Gasteiger partial charge in [-0.05, 0) is 0 Å². The molecule has 0 nitrogen and oxygen atoms in total. The van der Waals surface area contributed by atoms with Crippen LogP contribution in [0.4, 0.5) is 0 Å². The first-order valence-electron chi connectivity index (χ1n) is 3.32. The molecule has 50 valence electrons. The fraction of sp³-hybridized carbons (Fsp3) is 0. The maximum absolute atomic E-state index is 3.15. The van der Waals surface area contributed by atoms with E-state index in [0.717, 1.165) is 0 Å². The molecule has 0 aliphatic carbocycles. The molecule has 0 aliphatic heterocycles. The Hall–Kier alpha value is 1.34. The Kier molecular flexibility index (Phi) is 7.49. The van der Waals surface area contributed by atoms with Crippen molar-refractivity contribution in [2.75, 3.05) is 0 Å². The molecule has 0 aromatic heterocycles. The van der Waals surface area contributed by atoms with Crippen LogP contribution in [0.5, 0.6) is 0 Å². The van der Waals surface area contributed by atoms with E-state index in [2.05, 4.69) is 24.3 Å². The SMILES string of the molecule is [H-].[K+].[Na+].[c-]1cccc2ccccc12. The maximum atomic E-state index is 3.15. The molecular weight excluding hydrogens is 182 g/mol. The first-order chi connectivity index (χ1) is 4.97. The second kappa shape index (κ2) is 6.74. The van der Waals surface area contributed by atoms with Crippen LogP contribution in [-0.2, 0) is 0 Å². The standard InChI is InChI=1S/C10H7.K.Na.H/c1-2-6-10-8-4-3-7-9(10)5-1;;;/h1-7H;;;/q-1;2*+1;-1. The van der Waals surface area contributed by atoms with Gasteiger partial charge in [0.15, 0.2) is 0 Å². The van der Waals surface area contributed by atoms with E-state index < -0.39 is 0 Å². The number of rotatable bonds is 0. The molecule has 2 heteroatoms. The second-order valence-electron chi connectivity index (χ2n) is 2.26. The van der Waals surface area contributed by atoms with Gasteiger partial charge in [0.25, 0.3) is 0 Å². The van der Waals surface area contributed by atoms with Crippen LogP contribution in [0.15, 0.2) is 42.5 Å². The first kappa shape index (κ1) is 13.3. The number of hydrogen-bond donors (Lipinski definition) is 0. The summed E-state index contributed by atoms with van der Waals surface area (Å²) < 4.78 is 0. The summed E-state index contributed by atoms with van der Waals surface area (Å²) in [4.78, 5) is 0. The summed E-state index contributed by atoms with van der Waals surface area (Å²) >= 11 is 0. The van der Waals surface area contributed by atoms with Crippen molar-refractivity contribution in [1.82, 2.24) is 0 Å². The Morgan fingerprint density at radius 3 is 2.42 bits per heavy atom. The van der Waals surface area contributed by atoms with Gasteiger partial charge in [0.1, 0.15) is 0 Å². The van der Waals surface area contributed by atoms with Crippen molar-refractivity contribution in [2.24, 2.45) is 0 Å². The third-order valence-electron chi connectivity index (χ3n) is 1.57. The molecule has 0 amide bonds. The average Bonchev–Trinajstić information content (AvgIpc) is 2.05. The Morgan fingerprint density at radius 1 is 1.00 bits per heavy atom. The molecule has 2 rings (SSSR count). The Morgan fingerprint density at radius 2 is 1.67 bits per heavy atom. The van der Waals surface area contributed by atoms with Gasteiger partial charge in [-0.3, -0.25) is 0 Å². The van der Waals surface area contributed by atoms with Crippen molar-refractivity contribution in [3.63, 3.8) is 0 Å². The largest absolute Gasteiger partial charge is 1.00 e. The molecule has 12 heavy (non-hydrogen) atoms. The summed E-state index contributed by atoms with van der Waals surface area (Å²) in [5.74, 6) is 0. The number of fused-ring (bicyclic) bond motifs is 1. The van der Waals surface area contributed by atoms with E-state index >= 15 is 0 Å². The van der Waals surface area contributed by atoms with Gasteiger partial charge in [-0.2, -0.15) is 0 Å². The molecule has 0 saturated heterocycles. The third kappa shape index (κ3) is 3.24. The van der Waals surface area contributed by atoms with Crippen LogP contribution < -0.4 is 80.9 Å². The van der Waals surface area contributed by atoms with Crippen LogP contribution in [-0.4, -0.2) is 0 Å². The van der Waals surface area contributed by atoms with Crippen molar-refractivity contribution in [3.8, 4) is 0 Å². The molecule has 0 bridgehead atoms. The normalized spacial score (nSPS) is 8.33. The van der Waals surface area contributed by atoms with E-state index in [1.807, 2.05) is 24.3 Å². The van der Waals surface area contributed by atoms with Gasteiger partial charge in [0, 0.05) is 0 Å². The van der Waals surface area contributed by atoms with E-state index in [9.17, 15) is 0 Å². The maximum Gasteiger partial charge on any atom is 1.00 e. The van der Waals surface area contributed by atoms with Crippen LogP contribution in [0.3, 0.4) is 0 Å². The molecule has 0 aliphatic rings. The minimum atomic E-state index is 0.